The van der Waals surface area contributed by atoms with Crippen molar-refractivity contribution >= 4 is 11.9 Å². The van der Waals surface area contributed by atoms with Gasteiger partial charge in [0.1, 0.15) is 0 Å². The van der Waals surface area contributed by atoms with Crippen LogP contribution < -0.4 is 9.47 Å². The Morgan fingerprint density at radius 2 is 1.07 bits per heavy atom. The van der Waals surface area contributed by atoms with Crippen LogP contribution in [-0.2, 0) is 19.1 Å². The van der Waals surface area contributed by atoms with Gasteiger partial charge in [-0.3, -0.25) is 0 Å². The van der Waals surface area contributed by atoms with Crippen molar-refractivity contribution in [2.45, 2.75) is 0 Å². The third-order valence-electron chi connectivity index (χ3n) is 3.55. The molecule has 10 heteroatoms. The average Bonchev–Trinajstić information content (AvgIpc) is 2.74. The summed E-state index contributed by atoms with van der Waals surface area (Å²) in [6, 6.07) is 3.80. The highest BCUT2D eigenvalue weighted by Crippen LogP contribution is 2.34. The number of halogens is 4. The summed E-state index contributed by atoms with van der Waals surface area (Å²) in [6.45, 7) is 4.86. The molecular formula is C20H14F4O6. The third kappa shape index (κ3) is 5.16. The maximum Gasteiger partial charge on any atom is 0.333 e. The predicted molar refractivity (Wildman–Crippen MR) is 95.3 cm³/mol. The van der Waals surface area contributed by atoms with Crippen LogP contribution in [0.15, 0.2) is 49.6 Å². The number of esters is 2. The molecule has 0 saturated heterocycles. The largest absolute Gasteiger partial charge is 0.454 e. The number of carbonyl (C=O) groups excluding carboxylic acids is 2. The summed E-state index contributed by atoms with van der Waals surface area (Å²) >= 11 is 0. The zero-order chi connectivity index (χ0) is 22.3. The minimum Gasteiger partial charge on any atom is -0.454 e. The lowest BCUT2D eigenvalue weighted by Crippen LogP contribution is -2.10. The van der Waals surface area contributed by atoms with Crippen LogP contribution in [0.4, 0.5) is 17.6 Å². The first-order chi connectivity index (χ1) is 14.3. The van der Waals surface area contributed by atoms with Crippen molar-refractivity contribution < 1.29 is 46.1 Å². The lowest BCUT2D eigenvalue weighted by molar-refractivity contribution is -0.145. The summed E-state index contributed by atoms with van der Waals surface area (Å²) in [4.78, 5) is 21.8. The molecule has 2 rings (SSSR count). The van der Waals surface area contributed by atoms with E-state index in [4.69, 9.17) is 9.47 Å². The quantitative estimate of drug-likeness (QED) is 0.261. The maximum atomic E-state index is 14.4. The van der Waals surface area contributed by atoms with Gasteiger partial charge < -0.3 is 18.9 Å². The molecule has 0 amide bonds. The lowest BCUT2D eigenvalue weighted by atomic mass is 10.0. The summed E-state index contributed by atoms with van der Waals surface area (Å²) in [5.41, 5.74) is -1.19. The van der Waals surface area contributed by atoms with E-state index in [0.29, 0.717) is 0 Å². The Kier molecular flexibility index (Phi) is 7.56. The highest BCUT2D eigenvalue weighted by Gasteiger charge is 2.22. The first-order valence-corrected chi connectivity index (χ1v) is 8.10. The summed E-state index contributed by atoms with van der Waals surface area (Å²) in [5, 5.41) is 0. The van der Waals surface area contributed by atoms with Crippen LogP contribution in [-0.4, -0.2) is 25.5 Å². The molecule has 0 N–H and O–H groups in total. The topological polar surface area (TPSA) is 71.1 Å². The van der Waals surface area contributed by atoms with Gasteiger partial charge in [0, 0.05) is 23.3 Å². The SMILES string of the molecule is C=CC(=O)OCOc1ccc(-c2ccc(OCOC(=O)C=C)c(F)c2F)c(F)c1F. The predicted octanol–water partition coefficient (Wildman–Crippen LogP) is 4.04. The van der Waals surface area contributed by atoms with Crippen LogP contribution in [0.1, 0.15) is 0 Å². The molecule has 0 radical (unpaired) electrons. The molecule has 0 aliphatic rings. The lowest BCUT2D eigenvalue weighted by Gasteiger charge is -2.13. The van der Waals surface area contributed by atoms with E-state index in [1.165, 1.54) is 0 Å². The summed E-state index contributed by atoms with van der Waals surface area (Å²) in [7, 11) is 0. The molecule has 30 heavy (non-hydrogen) atoms. The second kappa shape index (κ2) is 10.1. The Balaban J connectivity index is 2.22. The highest BCUT2D eigenvalue weighted by atomic mass is 19.2. The van der Waals surface area contributed by atoms with Crippen molar-refractivity contribution in [3.63, 3.8) is 0 Å². The number of carbonyl (C=O) groups is 2. The van der Waals surface area contributed by atoms with Crippen molar-refractivity contribution in [1.29, 1.82) is 0 Å². The van der Waals surface area contributed by atoms with Gasteiger partial charge in [-0.1, -0.05) is 13.2 Å². The number of hydrogen-bond donors (Lipinski definition) is 0. The Morgan fingerprint density at radius 3 is 1.40 bits per heavy atom. The Morgan fingerprint density at radius 1 is 0.700 bits per heavy atom. The van der Waals surface area contributed by atoms with E-state index in [2.05, 4.69) is 22.6 Å². The van der Waals surface area contributed by atoms with Crippen molar-refractivity contribution in [3.8, 4) is 22.6 Å². The van der Waals surface area contributed by atoms with Gasteiger partial charge in [-0.05, 0) is 24.3 Å². The Labute approximate surface area is 167 Å². The fourth-order valence-corrected chi connectivity index (χ4v) is 2.12. The molecule has 0 heterocycles. The van der Waals surface area contributed by atoms with Crippen LogP contribution >= 0.6 is 0 Å². The van der Waals surface area contributed by atoms with Gasteiger partial charge in [0.05, 0.1) is 0 Å². The van der Waals surface area contributed by atoms with E-state index in [1.807, 2.05) is 0 Å². The second-order valence-corrected chi connectivity index (χ2v) is 5.34. The molecule has 0 unspecified atom stereocenters. The highest BCUT2D eigenvalue weighted by molar-refractivity contribution is 5.81. The number of rotatable bonds is 9. The van der Waals surface area contributed by atoms with Crippen molar-refractivity contribution in [1.82, 2.24) is 0 Å². The van der Waals surface area contributed by atoms with E-state index in [-0.39, 0.29) is 0 Å². The molecule has 6 nitrogen and oxygen atoms in total. The van der Waals surface area contributed by atoms with Gasteiger partial charge in [-0.25, -0.2) is 18.4 Å². The van der Waals surface area contributed by atoms with Gasteiger partial charge in [0.2, 0.25) is 25.2 Å². The fraction of sp³-hybridized carbons (Fsp3) is 0.100. The van der Waals surface area contributed by atoms with Crippen LogP contribution in [0.5, 0.6) is 11.5 Å². The molecule has 158 valence electrons. The van der Waals surface area contributed by atoms with Crippen molar-refractivity contribution in [2.24, 2.45) is 0 Å². The monoisotopic (exact) mass is 426 g/mol. The summed E-state index contributed by atoms with van der Waals surface area (Å²) < 4.78 is 75.6. The molecule has 0 atom stereocenters. The summed E-state index contributed by atoms with van der Waals surface area (Å²) in [5.74, 6) is -8.95. The first-order valence-electron chi connectivity index (χ1n) is 8.10. The standard InChI is InChI=1S/C20H14F4O6/c1-3-15(25)29-9-27-13-7-5-11(17(21)19(13)23)12-6-8-14(20(24)18(12)22)28-10-30-16(26)4-2/h3-8H,1-2,9-10H2. The summed E-state index contributed by atoms with van der Waals surface area (Å²) in [6.07, 6.45) is 1.69. The second-order valence-electron chi connectivity index (χ2n) is 5.34. The van der Waals surface area contributed by atoms with E-state index >= 15 is 0 Å². The normalized spacial score (nSPS) is 10.1. The average molecular weight is 426 g/mol. The number of benzene rings is 2. The molecule has 0 saturated carbocycles. The molecule has 2 aromatic carbocycles. The van der Waals surface area contributed by atoms with Crippen LogP contribution in [0.25, 0.3) is 11.1 Å². The smallest absolute Gasteiger partial charge is 0.333 e. The number of hydrogen-bond acceptors (Lipinski definition) is 6. The molecule has 0 fully saturated rings. The van der Waals surface area contributed by atoms with Crippen LogP contribution in [0.2, 0.25) is 0 Å². The Hall–Kier alpha value is -3.82. The maximum absolute atomic E-state index is 14.4. The van der Waals surface area contributed by atoms with Gasteiger partial charge in [0.15, 0.2) is 23.1 Å². The molecular weight excluding hydrogens is 412 g/mol. The minimum absolute atomic E-state index is 0.594. The van der Waals surface area contributed by atoms with E-state index in [9.17, 15) is 27.2 Å². The van der Waals surface area contributed by atoms with Gasteiger partial charge >= 0.3 is 11.9 Å². The van der Waals surface area contributed by atoms with Crippen LogP contribution in [0, 0.1) is 23.3 Å². The van der Waals surface area contributed by atoms with Crippen molar-refractivity contribution in [3.05, 3.63) is 72.8 Å². The molecule has 0 bridgehead atoms. The zero-order valence-corrected chi connectivity index (χ0v) is 15.3. The molecule has 0 aliphatic carbocycles. The molecule has 0 aromatic heterocycles. The van der Waals surface area contributed by atoms with Gasteiger partial charge in [-0.2, -0.15) is 8.78 Å². The molecule has 2 aromatic rings. The minimum atomic E-state index is -1.52. The van der Waals surface area contributed by atoms with Gasteiger partial charge in [-0.15, -0.1) is 0 Å². The van der Waals surface area contributed by atoms with Crippen LogP contribution in [0.3, 0.4) is 0 Å². The number of ether oxygens (including phenoxy) is 4. The Bertz CT molecular complexity index is 910. The third-order valence-corrected chi connectivity index (χ3v) is 3.55. The molecule has 0 spiro atoms. The van der Waals surface area contributed by atoms with Gasteiger partial charge in [0.25, 0.3) is 0 Å². The molecule has 0 aliphatic heterocycles. The van der Waals surface area contributed by atoms with E-state index in [1.54, 1.807) is 0 Å². The first kappa shape index (κ1) is 22.5. The van der Waals surface area contributed by atoms with Crippen molar-refractivity contribution in [2.75, 3.05) is 13.6 Å². The van der Waals surface area contributed by atoms with E-state index in [0.717, 1.165) is 36.4 Å². The van der Waals surface area contributed by atoms with E-state index < -0.39 is 71.4 Å². The fourth-order valence-electron chi connectivity index (χ4n) is 2.12. The zero-order valence-electron chi connectivity index (χ0n) is 15.3.